The van der Waals surface area contributed by atoms with Crippen molar-refractivity contribution in [3.63, 3.8) is 0 Å². The van der Waals surface area contributed by atoms with Crippen LogP contribution in [-0.4, -0.2) is 34.2 Å². The zero-order chi connectivity index (χ0) is 18.8. The molecule has 0 aromatic carbocycles. The molecule has 5 aliphatic rings. The van der Waals surface area contributed by atoms with Crippen molar-refractivity contribution in [2.45, 2.75) is 57.5 Å². The van der Waals surface area contributed by atoms with Crippen molar-refractivity contribution in [1.29, 1.82) is 0 Å². The summed E-state index contributed by atoms with van der Waals surface area (Å²) in [6, 6.07) is 0. The number of esters is 1. The van der Waals surface area contributed by atoms with E-state index in [-0.39, 0.29) is 23.9 Å². The Balaban J connectivity index is 1.49. The molecule has 4 unspecified atom stereocenters. The molecular weight excluding hydrogens is 342 g/mol. The second-order valence-corrected chi connectivity index (χ2v) is 9.57. The number of nitrogens with zero attached hydrogens (tertiary/aromatic N) is 1. The second kappa shape index (κ2) is 5.94. The third kappa shape index (κ3) is 2.27. The van der Waals surface area contributed by atoms with E-state index in [0.717, 1.165) is 50.7 Å². The van der Waals surface area contributed by atoms with Gasteiger partial charge in [0, 0.05) is 24.0 Å². The minimum Gasteiger partial charge on any atom is -0.451 e. The van der Waals surface area contributed by atoms with Gasteiger partial charge in [0.15, 0.2) is 0 Å². The summed E-state index contributed by atoms with van der Waals surface area (Å²) in [5.41, 5.74) is 1.65. The van der Waals surface area contributed by atoms with Crippen LogP contribution in [-0.2, 0) is 9.53 Å². The summed E-state index contributed by atoms with van der Waals surface area (Å²) in [5.74, 6) is 2.21. The number of oxime groups is 1. The average Bonchev–Trinajstić information content (AvgIpc) is 3.21. The summed E-state index contributed by atoms with van der Waals surface area (Å²) in [6.07, 6.45) is 12.8. The van der Waals surface area contributed by atoms with Gasteiger partial charge in [-0.05, 0) is 80.8 Å². The van der Waals surface area contributed by atoms with Gasteiger partial charge in [-0.2, -0.15) is 0 Å². The molecule has 7 atom stereocenters. The van der Waals surface area contributed by atoms with E-state index < -0.39 is 5.60 Å². The molecule has 0 bridgehead atoms. The van der Waals surface area contributed by atoms with Gasteiger partial charge >= 0.3 is 5.97 Å². The Labute approximate surface area is 160 Å². The highest BCUT2D eigenvalue weighted by atomic mass is 16.6. The van der Waals surface area contributed by atoms with Gasteiger partial charge in [0.25, 0.3) is 0 Å². The lowest BCUT2D eigenvalue weighted by atomic mass is 9.49. The van der Waals surface area contributed by atoms with Crippen molar-refractivity contribution < 1.29 is 19.8 Å². The number of carbonyl (C=O) groups excluding carboxylic acids is 1. The van der Waals surface area contributed by atoms with Crippen LogP contribution in [0.3, 0.4) is 0 Å². The molecule has 1 heterocycles. The van der Waals surface area contributed by atoms with E-state index in [9.17, 15) is 15.1 Å². The van der Waals surface area contributed by atoms with E-state index in [1.165, 1.54) is 5.57 Å². The minimum absolute atomic E-state index is 0.00440. The normalized spacial score (nSPS) is 49.6. The number of allylic oxidation sites excluding steroid dienone is 1. The van der Waals surface area contributed by atoms with Crippen molar-refractivity contribution in [2.24, 2.45) is 40.2 Å². The molecule has 0 aromatic heterocycles. The van der Waals surface area contributed by atoms with Crippen molar-refractivity contribution >= 4 is 11.7 Å². The molecule has 0 radical (unpaired) electrons. The summed E-state index contributed by atoms with van der Waals surface area (Å²) < 4.78 is 5.90. The standard InChI is InChI=1S/C22H29NO4/c1-21-7-4-16-15-3-2-14(23-26)11-17(15)13(12-24)10-18(16)19(21)5-8-22(21)9-6-20(25)27-22/h6,9,11,13,15-16,18-19,24,26H,2-5,7-8,10,12H2,1H3/t13?,15-,16?,18?,19?,21+,22-/m1/s1. The van der Waals surface area contributed by atoms with Gasteiger partial charge in [0.1, 0.15) is 5.60 Å². The van der Waals surface area contributed by atoms with E-state index in [2.05, 4.69) is 18.2 Å². The fourth-order valence-corrected chi connectivity index (χ4v) is 7.53. The highest BCUT2D eigenvalue weighted by molar-refractivity contribution is 5.96. The fourth-order valence-electron chi connectivity index (χ4n) is 7.53. The highest BCUT2D eigenvalue weighted by Gasteiger charge is 2.65. The molecule has 146 valence electrons. The minimum atomic E-state index is -0.409. The van der Waals surface area contributed by atoms with Crippen LogP contribution in [0.15, 0.2) is 29.0 Å². The monoisotopic (exact) mass is 371 g/mol. The van der Waals surface area contributed by atoms with Crippen molar-refractivity contribution in [1.82, 2.24) is 0 Å². The number of hydrogen-bond donors (Lipinski definition) is 2. The lowest BCUT2D eigenvalue weighted by molar-refractivity contribution is -0.161. The van der Waals surface area contributed by atoms with Crippen LogP contribution in [0.1, 0.15) is 51.9 Å². The first-order valence-corrected chi connectivity index (χ1v) is 10.5. The number of fused-ring (bicyclic) bond motifs is 6. The maximum absolute atomic E-state index is 11.9. The topological polar surface area (TPSA) is 79.1 Å². The number of carbonyl (C=O) groups is 1. The Morgan fingerprint density at radius 3 is 2.81 bits per heavy atom. The summed E-state index contributed by atoms with van der Waals surface area (Å²) in [6.45, 7) is 2.49. The van der Waals surface area contributed by atoms with Crippen LogP contribution in [0.4, 0.5) is 0 Å². The lowest BCUT2D eigenvalue weighted by Gasteiger charge is -2.56. The fraction of sp³-hybridized carbons (Fsp3) is 0.727. The summed E-state index contributed by atoms with van der Waals surface area (Å²) in [5, 5.41) is 22.7. The Bertz CT molecular complexity index is 755. The van der Waals surface area contributed by atoms with Crippen molar-refractivity contribution in [3.05, 3.63) is 23.8 Å². The predicted molar refractivity (Wildman–Crippen MR) is 100 cm³/mol. The number of aliphatic hydroxyl groups is 1. The Morgan fingerprint density at radius 2 is 2.11 bits per heavy atom. The average molecular weight is 371 g/mol. The number of hydrogen-bond acceptors (Lipinski definition) is 5. The molecule has 5 rings (SSSR count). The molecule has 2 N–H and O–H groups in total. The van der Waals surface area contributed by atoms with Crippen LogP contribution in [0.5, 0.6) is 0 Å². The molecule has 0 saturated heterocycles. The van der Waals surface area contributed by atoms with Crippen LogP contribution < -0.4 is 0 Å². The van der Waals surface area contributed by atoms with Crippen molar-refractivity contribution in [3.8, 4) is 0 Å². The van der Waals surface area contributed by atoms with E-state index >= 15 is 0 Å². The number of aliphatic hydroxyl groups excluding tert-OH is 1. The molecule has 27 heavy (non-hydrogen) atoms. The maximum atomic E-state index is 11.9. The van der Waals surface area contributed by atoms with E-state index in [0.29, 0.717) is 23.7 Å². The van der Waals surface area contributed by atoms with Gasteiger partial charge in [-0.3, -0.25) is 0 Å². The van der Waals surface area contributed by atoms with E-state index in [1.807, 2.05) is 6.08 Å². The molecule has 3 saturated carbocycles. The van der Waals surface area contributed by atoms with Gasteiger partial charge in [0.05, 0.1) is 5.71 Å². The summed E-state index contributed by atoms with van der Waals surface area (Å²) >= 11 is 0. The first-order chi connectivity index (χ1) is 13.0. The third-order valence-electron chi connectivity index (χ3n) is 8.81. The molecule has 0 amide bonds. The SMILES string of the molecule is C[C@]12CCC3C(CC(CO)C4=CC(=NO)CC[C@@H]43)C1CC[C@@]21C=CC(=O)O1. The van der Waals surface area contributed by atoms with Gasteiger partial charge in [-0.15, -0.1) is 0 Å². The van der Waals surface area contributed by atoms with E-state index in [1.54, 1.807) is 6.08 Å². The molecule has 1 aliphatic heterocycles. The largest absolute Gasteiger partial charge is 0.451 e. The first-order valence-electron chi connectivity index (χ1n) is 10.5. The van der Waals surface area contributed by atoms with Crippen LogP contribution in [0, 0.1) is 35.0 Å². The first kappa shape index (κ1) is 17.5. The molecule has 5 nitrogen and oxygen atoms in total. The Hall–Kier alpha value is -1.62. The molecular formula is C22H29NO4. The zero-order valence-electron chi connectivity index (χ0n) is 15.9. The highest BCUT2D eigenvalue weighted by Crippen LogP contribution is 2.67. The number of ether oxygens (including phenoxy) is 1. The Morgan fingerprint density at radius 1 is 1.26 bits per heavy atom. The smallest absolute Gasteiger partial charge is 0.331 e. The van der Waals surface area contributed by atoms with Crippen molar-refractivity contribution in [2.75, 3.05) is 6.61 Å². The van der Waals surface area contributed by atoms with Crippen LogP contribution in [0.25, 0.3) is 0 Å². The number of rotatable bonds is 1. The molecule has 0 aromatic rings. The zero-order valence-corrected chi connectivity index (χ0v) is 15.9. The van der Waals surface area contributed by atoms with Gasteiger partial charge in [-0.1, -0.05) is 17.7 Å². The molecule has 5 heteroatoms. The van der Waals surface area contributed by atoms with Gasteiger partial charge in [-0.25, -0.2) is 4.79 Å². The molecule has 3 fully saturated rings. The second-order valence-electron chi connectivity index (χ2n) is 9.57. The maximum Gasteiger partial charge on any atom is 0.331 e. The summed E-state index contributed by atoms with van der Waals surface area (Å²) in [7, 11) is 0. The molecule has 1 spiro atoms. The van der Waals surface area contributed by atoms with Gasteiger partial charge in [0.2, 0.25) is 0 Å². The quantitative estimate of drug-likeness (QED) is 0.420. The van der Waals surface area contributed by atoms with Crippen LogP contribution >= 0.6 is 0 Å². The summed E-state index contributed by atoms with van der Waals surface area (Å²) in [4.78, 5) is 11.9. The predicted octanol–water partition coefficient (Wildman–Crippen LogP) is 3.46. The lowest BCUT2D eigenvalue weighted by Crippen LogP contribution is -2.53. The van der Waals surface area contributed by atoms with Crippen LogP contribution in [0.2, 0.25) is 0 Å². The Kier molecular flexibility index (Phi) is 3.84. The third-order valence-corrected chi connectivity index (χ3v) is 8.81. The van der Waals surface area contributed by atoms with Gasteiger partial charge < -0.3 is 15.1 Å². The molecule has 4 aliphatic carbocycles. The van der Waals surface area contributed by atoms with E-state index in [4.69, 9.17) is 4.74 Å².